The standard InChI is InChI=1S/C10H13N7O/c11-16-8-13-9(17-5-4-12-6-17)15-10(14-8)18-7-2-1-3-7/h4-7H,1-3,11H2,(H,13,14,15,16). The second-order valence-electron chi connectivity index (χ2n) is 4.03. The average molecular weight is 247 g/mol. The number of hydrazine groups is 1. The molecule has 0 aliphatic heterocycles. The molecule has 8 nitrogen and oxygen atoms in total. The molecule has 18 heavy (non-hydrogen) atoms. The van der Waals surface area contributed by atoms with Crippen LogP contribution in [0.4, 0.5) is 5.95 Å². The quantitative estimate of drug-likeness (QED) is 0.590. The van der Waals surface area contributed by atoms with Crippen LogP contribution in [0.5, 0.6) is 6.01 Å². The number of rotatable bonds is 4. The lowest BCUT2D eigenvalue weighted by Gasteiger charge is -2.25. The van der Waals surface area contributed by atoms with Crippen molar-refractivity contribution >= 4 is 5.95 Å². The lowest BCUT2D eigenvalue weighted by atomic mass is 9.96. The van der Waals surface area contributed by atoms with Gasteiger partial charge in [-0.05, 0) is 19.3 Å². The highest BCUT2D eigenvalue weighted by Crippen LogP contribution is 2.23. The maximum absolute atomic E-state index is 5.64. The van der Waals surface area contributed by atoms with E-state index in [4.69, 9.17) is 10.6 Å². The number of anilines is 1. The van der Waals surface area contributed by atoms with Gasteiger partial charge >= 0.3 is 6.01 Å². The van der Waals surface area contributed by atoms with E-state index in [1.54, 1.807) is 23.3 Å². The third-order valence-electron chi connectivity index (χ3n) is 2.79. The summed E-state index contributed by atoms with van der Waals surface area (Å²) in [5, 5.41) is 0. The molecule has 0 saturated heterocycles. The summed E-state index contributed by atoms with van der Waals surface area (Å²) in [5.74, 6) is 6.02. The van der Waals surface area contributed by atoms with E-state index in [-0.39, 0.29) is 18.1 Å². The summed E-state index contributed by atoms with van der Waals surface area (Å²) in [6.45, 7) is 0. The smallest absolute Gasteiger partial charge is 0.323 e. The van der Waals surface area contributed by atoms with Crippen molar-refractivity contribution in [1.29, 1.82) is 0 Å². The van der Waals surface area contributed by atoms with E-state index in [1.807, 2.05) is 0 Å². The van der Waals surface area contributed by atoms with Crippen LogP contribution in [0, 0.1) is 0 Å². The predicted molar refractivity (Wildman–Crippen MR) is 63.0 cm³/mol. The van der Waals surface area contributed by atoms with Crippen molar-refractivity contribution in [3.63, 3.8) is 0 Å². The Morgan fingerprint density at radius 1 is 1.33 bits per heavy atom. The number of hydrogen-bond donors (Lipinski definition) is 2. The maximum Gasteiger partial charge on any atom is 0.323 e. The van der Waals surface area contributed by atoms with Gasteiger partial charge in [-0.15, -0.1) is 0 Å². The summed E-state index contributed by atoms with van der Waals surface area (Å²) in [5.41, 5.74) is 2.40. The molecule has 2 aromatic heterocycles. The lowest BCUT2D eigenvalue weighted by Crippen LogP contribution is -2.26. The van der Waals surface area contributed by atoms with Gasteiger partial charge < -0.3 is 4.74 Å². The van der Waals surface area contributed by atoms with Gasteiger partial charge in [0.1, 0.15) is 12.4 Å². The molecule has 1 aliphatic carbocycles. The largest absolute Gasteiger partial charge is 0.460 e. The minimum atomic E-state index is 0.202. The van der Waals surface area contributed by atoms with Gasteiger partial charge in [-0.25, -0.2) is 10.8 Å². The van der Waals surface area contributed by atoms with Crippen molar-refractivity contribution in [2.45, 2.75) is 25.4 Å². The van der Waals surface area contributed by atoms with Crippen LogP contribution in [-0.2, 0) is 0 Å². The van der Waals surface area contributed by atoms with Crippen LogP contribution in [-0.4, -0.2) is 30.6 Å². The topological polar surface area (TPSA) is 104 Å². The zero-order valence-corrected chi connectivity index (χ0v) is 9.65. The van der Waals surface area contributed by atoms with E-state index < -0.39 is 0 Å². The first-order valence-electron chi connectivity index (χ1n) is 5.73. The molecule has 1 aliphatic rings. The second kappa shape index (κ2) is 4.57. The Kier molecular flexibility index (Phi) is 2.77. The molecule has 8 heteroatoms. The fourth-order valence-corrected chi connectivity index (χ4v) is 1.59. The van der Waals surface area contributed by atoms with Gasteiger partial charge in [0, 0.05) is 12.4 Å². The summed E-state index contributed by atoms with van der Waals surface area (Å²) < 4.78 is 7.30. The third kappa shape index (κ3) is 2.09. The Labute approximate surface area is 103 Å². The van der Waals surface area contributed by atoms with Crippen molar-refractivity contribution < 1.29 is 4.74 Å². The van der Waals surface area contributed by atoms with E-state index in [1.165, 1.54) is 6.42 Å². The molecule has 94 valence electrons. The first kappa shape index (κ1) is 10.9. The van der Waals surface area contributed by atoms with Gasteiger partial charge in [-0.2, -0.15) is 15.0 Å². The Bertz CT molecular complexity index is 523. The molecule has 3 N–H and O–H groups in total. The van der Waals surface area contributed by atoms with Crippen LogP contribution < -0.4 is 16.0 Å². The minimum Gasteiger partial charge on any atom is -0.460 e. The van der Waals surface area contributed by atoms with Crippen molar-refractivity contribution in [1.82, 2.24) is 24.5 Å². The SMILES string of the molecule is NNc1nc(OC2CCC2)nc(-n2ccnc2)n1. The molecule has 1 fully saturated rings. The highest BCUT2D eigenvalue weighted by atomic mass is 16.5. The molecular weight excluding hydrogens is 234 g/mol. The fraction of sp³-hybridized carbons (Fsp3) is 0.400. The zero-order valence-electron chi connectivity index (χ0n) is 9.65. The van der Waals surface area contributed by atoms with Gasteiger partial charge in [-0.1, -0.05) is 0 Å². The first-order valence-corrected chi connectivity index (χ1v) is 5.73. The molecule has 0 bridgehead atoms. The van der Waals surface area contributed by atoms with E-state index in [9.17, 15) is 0 Å². The Morgan fingerprint density at radius 3 is 2.83 bits per heavy atom. The highest BCUT2D eigenvalue weighted by molar-refractivity contribution is 5.28. The summed E-state index contributed by atoms with van der Waals surface area (Å²) in [6, 6.07) is 0.284. The molecule has 0 atom stereocenters. The summed E-state index contributed by atoms with van der Waals surface area (Å²) in [7, 11) is 0. The minimum absolute atomic E-state index is 0.202. The van der Waals surface area contributed by atoms with Gasteiger partial charge in [-0.3, -0.25) is 9.99 Å². The molecule has 0 spiro atoms. The van der Waals surface area contributed by atoms with E-state index in [2.05, 4.69) is 25.4 Å². The van der Waals surface area contributed by atoms with Gasteiger partial charge in [0.25, 0.3) is 0 Å². The average Bonchev–Trinajstić information content (AvgIpc) is 2.87. The molecule has 1 saturated carbocycles. The van der Waals surface area contributed by atoms with E-state index >= 15 is 0 Å². The van der Waals surface area contributed by atoms with E-state index in [0.717, 1.165) is 12.8 Å². The Balaban J connectivity index is 1.90. The van der Waals surface area contributed by atoms with Crippen LogP contribution >= 0.6 is 0 Å². The lowest BCUT2D eigenvalue weighted by molar-refractivity contribution is 0.108. The third-order valence-corrected chi connectivity index (χ3v) is 2.79. The molecule has 0 unspecified atom stereocenters. The molecular formula is C10H13N7O. The number of nitrogens with zero attached hydrogens (tertiary/aromatic N) is 5. The normalized spacial score (nSPS) is 15.2. The molecule has 2 aromatic rings. The molecule has 0 amide bonds. The number of nitrogen functional groups attached to an aromatic ring is 1. The van der Waals surface area contributed by atoms with Crippen LogP contribution in [0.25, 0.3) is 5.95 Å². The predicted octanol–water partition coefficient (Wildman–Crippen LogP) is 0.274. The highest BCUT2D eigenvalue weighted by Gasteiger charge is 2.21. The molecule has 2 heterocycles. The number of imidazole rings is 1. The monoisotopic (exact) mass is 247 g/mol. The van der Waals surface area contributed by atoms with Gasteiger partial charge in [0.2, 0.25) is 11.9 Å². The van der Waals surface area contributed by atoms with Crippen molar-refractivity contribution in [3.8, 4) is 12.0 Å². The van der Waals surface area contributed by atoms with Gasteiger partial charge in [0.15, 0.2) is 0 Å². The number of nitrogens with one attached hydrogen (secondary N) is 1. The van der Waals surface area contributed by atoms with Crippen molar-refractivity contribution in [2.75, 3.05) is 5.43 Å². The molecule has 3 rings (SSSR count). The number of nitrogens with two attached hydrogens (primary N) is 1. The zero-order chi connectivity index (χ0) is 12.4. The first-order chi connectivity index (χ1) is 8.85. The van der Waals surface area contributed by atoms with Gasteiger partial charge in [0.05, 0.1) is 0 Å². The van der Waals surface area contributed by atoms with Crippen LogP contribution in [0.3, 0.4) is 0 Å². The van der Waals surface area contributed by atoms with Crippen molar-refractivity contribution in [2.24, 2.45) is 5.84 Å². The fourth-order valence-electron chi connectivity index (χ4n) is 1.59. The number of ether oxygens (including phenoxy) is 1. The maximum atomic E-state index is 5.64. The summed E-state index contributed by atoms with van der Waals surface area (Å²) in [6.07, 6.45) is 8.45. The number of hydrogen-bond acceptors (Lipinski definition) is 7. The number of aromatic nitrogens is 5. The summed E-state index contributed by atoms with van der Waals surface area (Å²) >= 11 is 0. The molecule has 0 radical (unpaired) electrons. The Morgan fingerprint density at radius 2 is 2.22 bits per heavy atom. The van der Waals surface area contributed by atoms with Crippen LogP contribution in [0.15, 0.2) is 18.7 Å². The van der Waals surface area contributed by atoms with Crippen LogP contribution in [0.2, 0.25) is 0 Å². The van der Waals surface area contributed by atoms with Crippen LogP contribution in [0.1, 0.15) is 19.3 Å². The Hall–Kier alpha value is -2.22. The summed E-state index contributed by atoms with van der Waals surface area (Å²) in [4.78, 5) is 16.4. The van der Waals surface area contributed by atoms with E-state index in [0.29, 0.717) is 5.95 Å². The van der Waals surface area contributed by atoms with Crippen molar-refractivity contribution in [3.05, 3.63) is 18.7 Å². The molecule has 0 aromatic carbocycles. The second-order valence-corrected chi connectivity index (χ2v) is 4.03.